The molecule has 1 aliphatic rings. The molecule has 2 aromatic carbocycles. The number of benzene rings is 2. The molecule has 0 amide bonds. The summed E-state index contributed by atoms with van der Waals surface area (Å²) >= 11 is 0. The maximum absolute atomic E-state index is 14.4. The molecule has 3 nitrogen and oxygen atoms in total. The first-order valence-electron chi connectivity index (χ1n) is 11.9. The summed E-state index contributed by atoms with van der Waals surface area (Å²) < 4.78 is 52.3. The third-order valence-electron chi connectivity index (χ3n) is 6.26. The molecule has 0 aliphatic carbocycles. The van der Waals surface area contributed by atoms with Crippen molar-refractivity contribution in [3.63, 3.8) is 0 Å². The summed E-state index contributed by atoms with van der Waals surface area (Å²) in [5.41, 5.74) is 1.21. The molecule has 1 heterocycles. The Bertz CT molecular complexity index is 904. The highest BCUT2D eigenvalue weighted by Crippen LogP contribution is 2.33. The lowest BCUT2D eigenvalue weighted by atomic mass is 9.89. The van der Waals surface area contributed by atoms with Crippen molar-refractivity contribution >= 4 is 5.78 Å². The molecular formula is C27H33F3O3. The lowest BCUT2D eigenvalue weighted by Gasteiger charge is -2.29. The van der Waals surface area contributed by atoms with Gasteiger partial charge >= 0.3 is 0 Å². The molecule has 0 N–H and O–H groups in total. The molecule has 180 valence electrons. The van der Waals surface area contributed by atoms with E-state index in [1.807, 2.05) is 0 Å². The molecule has 1 aliphatic heterocycles. The Kier molecular flexibility index (Phi) is 9.36. The van der Waals surface area contributed by atoms with Crippen LogP contribution in [0.25, 0.3) is 0 Å². The summed E-state index contributed by atoms with van der Waals surface area (Å²) in [6, 6.07) is 10.8. The van der Waals surface area contributed by atoms with E-state index in [0.29, 0.717) is 24.9 Å². The Balaban J connectivity index is 1.54. The van der Waals surface area contributed by atoms with Gasteiger partial charge in [-0.2, -0.15) is 0 Å². The van der Waals surface area contributed by atoms with Crippen LogP contribution < -0.4 is 4.74 Å². The zero-order chi connectivity index (χ0) is 23.8. The van der Waals surface area contributed by atoms with Gasteiger partial charge in [0.2, 0.25) is 0 Å². The van der Waals surface area contributed by atoms with Crippen LogP contribution in [-0.2, 0) is 11.2 Å². The summed E-state index contributed by atoms with van der Waals surface area (Å²) in [6.45, 7) is 4.72. The first kappa shape index (κ1) is 25.3. The number of carbonyl (C=O) groups is 1. The second-order valence-corrected chi connectivity index (χ2v) is 8.61. The first-order valence-corrected chi connectivity index (χ1v) is 11.9. The number of ether oxygens (including phenoxy) is 2. The first-order chi connectivity index (χ1) is 15.9. The Morgan fingerprint density at radius 1 is 1.12 bits per heavy atom. The zero-order valence-electron chi connectivity index (χ0n) is 19.4. The van der Waals surface area contributed by atoms with Gasteiger partial charge in [0.05, 0.1) is 24.9 Å². The number of aryl methyl sites for hydroxylation is 1. The highest BCUT2D eigenvalue weighted by molar-refractivity contribution is 5.97. The number of hydrogen-bond acceptors (Lipinski definition) is 3. The fourth-order valence-electron chi connectivity index (χ4n) is 4.46. The van der Waals surface area contributed by atoms with Crippen molar-refractivity contribution in [3.05, 3.63) is 64.5 Å². The molecule has 0 aromatic heterocycles. The maximum Gasteiger partial charge on any atom is 0.267 e. The van der Waals surface area contributed by atoms with E-state index < -0.39 is 23.6 Å². The Morgan fingerprint density at radius 2 is 1.88 bits per heavy atom. The molecule has 1 fully saturated rings. The van der Waals surface area contributed by atoms with Gasteiger partial charge in [0.25, 0.3) is 6.43 Å². The number of rotatable bonds is 11. The fourth-order valence-corrected chi connectivity index (χ4v) is 4.46. The standard InChI is InChI=1S/C27H33F3O3/c1-3-6-21-14-13-20(17-33-21)19-11-9-18(10-12-19)7-5-8-23(31)22-15-16-24(32-4-2)26(28)25(22)27(29)30/h9-12,15-16,20-21,27H,3-8,13-14,17H2,1-2H3. The van der Waals surface area contributed by atoms with Crippen molar-refractivity contribution in [2.45, 2.75) is 77.2 Å². The number of carbonyl (C=O) groups excluding carboxylic acids is 1. The van der Waals surface area contributed by atoms with Crippen LogP contribution in [0, 0.1) is 5.82 Å². The monoisotopic (exact) mass is 462 g/mol. The molecule has 3 rings (SSSR count). The number of alkyl halides is 2. The van der Waals surface area contributed by atoms with Crippen LogP contribution in [0.5, 0.6) is 5.75 Å². The molecule has 0 bridgehead atoms. The van der Waals surface area contributed by atoms with Gasteiger partial charge in [-0.05, 0) is 62.3 Å². The van der Waals surface area contributed by atoms with Crippen molar-refractivity contribution in [1.82, 2.24) is 0 Å². The SMILES string of the molecule is CCCC1CCC(c2ccc(CCCC(=O)c3ccc(OCC)c(F)c3C(F)F)cc2)CO1. The smallest absolute Gasteiger partial charge is 0.267 e. The molecule has 0 spiro atoms. The number of Topliss-reactive ketones (excluding diaryl/α,β-unsaturated/α-hetero) is 1. The van der Waals surface area contributed by atoms with Crippen molar-refractivity contribution < 1.29 is 27.4 Å². The van der Waals surface area contributed by atoms with Crippen LogP contribution in [0.15, 0.2) is 36.4 Å². The van der Waals surface area contributed by atoms with Crippen LogP contribution in [0.4, 0.5) is 13.2 Å². The van der Waals surface area contributed by atoms with E-state index in [4.69, 9.17) is 9.47 Å². The second kappa shape index (κ2) is 12.2. The van der Waals surface area contributed by atoms with Crippen LogP contribution in [0.1, 0.15) is 91.8 Å². The van der Waals surface area contributed by atoms with E-state index in [0.717, 1.165) is 37.9 Å². The van der Waals surface area contributed by atoms with Gasteiger partial charge in [-0.1, -0.05) is 37.6 Å². The Morgan fingerprint density at radius 3 is 2.48 bits per heavy atom. The largest absolute Gasteiger partial charge is 0.491 e. The number of halogens is 3. The summed E-state index contributed by atoms with van der Waals surface area (Å²) in [7, 11) is 0. The van der Waals surface area contributed by atoms with Gasteiger partial charge in [0.1, 0.15) is 0 Å². The third kappa shape index (κ3) is 6.59. The molecule has 2 aromatic rings. The molecule has 0 saturated carbocycles. The maximum atomic E-state index is 14.4. The summed E-state index contributed by atoms with van der Waals surface area (Å²) in [5, 5.41) is 0. The Hall–Kier alpha value is -2.34. The predicted octanol–water partition coefficient (Wildman–Crippen LogP) is 7.43. The van der Waals surface area contributed by atoms with E-state index in [1.165, 1.54) is 17.7 Å². The van der Waals surface area contributed by atoms with Gasteiger partial charge in [-0.15, -0.1) is 0 Å². The minimum Gasteiger partial charge on any atom is -0.491 e. The predicted molar refractivity (Wildman–Crippen MR) is 123 cm³/mol. The van der Waals surface area contributed by atoms with Crippen molar-refractivity contribution in [3.8, 4) is 5.75 Å². The molecule has 2 unspecified atom stereocenters. The average molecular weight is 463 g/mol. The van der Waals surface area contributed by atoms with Gasteiger partial charge in [0.15, 0.2) is 17.3 Å². The Labute approximate surface area is 194 Å². The molecule has 0 radical (unpaired) electrons. The van der Waals surface area contributed by atoms with Gasteiger partial charge < -0.3 is 9.47 Å². The highest BCUT2D eigenvalue weighted by Gasteiger charge is 2.25. The molecule has 33 heavy (non-hydrogen) atoms. The normalized spacial score (nSPS) is 18.5. The summed E-state index contributed by atoms with van der Waals surface area (Å²) in [4.78, 5) is 12.6. The number of hydrogen-bond donors (Lipinski definition) is 0. The molecule has 1 saturated heterocycles. The average Bonchev–Trinajstić information content (AvgIpc) is 2.81. The van der Waals surface area contributed by atoms with Crippen molar-refractivity contribution in [2.24, 2.45) is 0 Å². The van der Waals surface area contributed by atoms with E-state index >= 15 is 0 Å². The van der Waals surface area contributed by atoms with Gasteiger partial charge in [-0.25, -0.2) is 13.2 Å². The van der Waals surface area contributed by atoms with Crippen LogP contribution in [0.3, 0.4) is 0 Å². The van der Waals surface area contributed by atoms with Gasteiger partial charge in [0, 0.05) is 17.9 Å². The fraction of sp³-hybridized carbons (Fsp3) is 0.519. The van der Waals surface area contributed by atoms with Crippen molar-refractivity contribution in [1.29, 1.82) is 0 Å². The number of ketones is 1. The molecular weight excluding hydrogens is 429 g/mol. The van der Waals surface area contributed by atoms with Crippen LogP contribution >= 0.6 is 0 Å². The van der Waals surface area contributed by atoms with Crippen LogP contribution in [0.2, 0.25) is 0 Å². The van der Waals surface area contributed by atoms with E-state index in [2.05, 4.69) is 31.2 Å². The van der Waals surface area contributed by atoms with Gasteiger partial charge in [-0.3, -0.25) is 4.79 Å². The second-order valence-electron chi connectivity index (χ2n) is 8.61. The summed E-state index contributed by atoms with van der Waals surface area (Å²) in [5.74, 6) is -1.48. The summed E-state index contributed by atoms with van der Waals surface area (Å²) in [6.07, 6.45) is 3.00. The molecule has 2 atom stereocenters. The minimum atomic E-state index is -3.09. The molecule has 6 heteroatoms. The lowest BCUT2D eigenvalue weighted by molar-refractivity contribution is -0.00111. The zero-order valence-corrected chi connectivity index (χ0v) is 19.4. The highest BCUT2D eigenvalue weighted by atomic mass is 19.3. The van der Waals surface area contributed by atoms with Crippen LogP contribution in [-0.4, -0.2) is 25.1 Å². The quantitative estimate of drug-likeness (QED) is 0.326. The van der Waals surface area contributed by atoms with Crippen molar-refractivity contribution in [2.75, 3.05) is 13.2 Å². The minimum absolute atomic E-state index is 0.0736. The third-order valence-corrected chi connectivity index (χ3v) is 6.26. The topological polar surface area (TPSA) is 35.5 Å². The van der Waals surface area contributed by atoms with E-state index in [-0.39, 0.29) is 24.3 Å². The van der Waals surface area contributed by atoms with E-state index in [1.54, 1.807) is 6.92 Å². The lowest BCUT2D eigenvalue weighted by Crippen LogP contribution is -2.24. The van der Waals surface area contributed by atoms with E-state index in [9.17, 15) is 18.0 Å².